The standard InChI is InChI=1S/C25H28F2O2/c1-2-3-17-15-28-25(29-16-17)21-10-8-19(9-11-21)18-4-6-20(7-5-18)22-12-13-23(26)24(27)14-22/h2-7,12-14,17,19,21,25H,8-11,15-16H2,1H3. The van der Waals surface area contributed by atoms with Crippen molar-refractivity contribution >= 4 is 0 Å². The van der Waals surface area contributed by atoms with Crippen LogP contribution in [0.2, 0.25) is 0 Å². The molecular formula is C25H28F2O2. The highest BCUT2D eigenvalue weighted by Crippen LogP contribution is 2.39. The van der Waals surface area contributed by atoms with E-state index >= 15 is 0 Å². The quantitative estimate of drug-likeness (QED) is 0.550. The molecule has 0 atom stereocenters. The molecule has 2 aromatic rings. The van der Waals surface area contributed by atoms with Gasteiger partial charge in [0.2, 0.25) is 0 Å². The van der Waals surface area contributed by atoms with Crippen molar-refractivity contribution in [2.75, 3.05) is 13.2 Å². The molecule has 154 valence electrons. The van der Waals surface area contributed by atoms with E-state index < -0.39 is 11.6 Å². The van der Waals surface area contributed by atoms with Gasteiger partial charge < -0.3 is 9.47 Å². The fourth-order valence-electron chi connectivity index (χ4n) is 4.54. The monoisotopic (exact) mass is 398 g/mol. The van der Waals surface area contributed by atoms with Crippen molar-refractivity contribution in [1.82, 2.24) is 0 Å². The van der Waals surface area contributed by atoms with E-state index in [1.165, 1.54) is 17.7 Å². The Hall–Kier alpha value is -2.04. The molecule has 0 radical (unpaired) electrons. The summed E-state index contributed by atoms with van der Waals surface area (Å²) in [6.45, 7) is 3.53. The molecule has 1 aliphatic heterocycles. The maximum absolute atomic E-state index is 13.5. The van der Waals surface area contributed by atoms with E-state index in [1.54, 1.807) is 6.07 Å². The smallest absolute Gasteiger partial charge is 0.160 e. The van der Waals surface area contributed by atoms with Gasteiger partial charge in [0.15, 0.2) is 17.9 Å². The Balaban J connectivity index is 1.32. The van der Waals surface area contributed by atoms with Crippen LogP contribution in [0.15, 0.2) is 54.6 Å². The van der Waals surface area contributed by atoms with Crippen LogP contribution in [0, 0.1) is 23.5 Å². The van der Waals surface area contributed by atoms with Gasteiger partial charge in [-0.2, -0.15) is 0 Å². The van der Waals surface area contributed by atoms with E-state index in [9.17, 15) is 8.78 Å². The van der Waals surface area contributed by atoms with Crippen molar-refractivity contribution in [3.05, 3.63) is 71.8 Å². The number of hydrogen-bond acceptors (Lipinski definition) is 2. The molecule has 4 rings (SSSR count). The molecule has 2 nitrogen and oxygen atoms in total. The summed E-state index contributed by atoms with van der Waals surface area (Å²) in [5.74, 6) is -0.246. The molecule has 0 unspecified atom stereocenters. The Morgan fingerprint density at radius 3 is 2.10 bits per heavy atom. The molecule has 1 heterocycles. The average Bonchev–Trinajstić information content (AvgIpc) is 2.77. The van der Waals surface area contributed by atoms with Gasteiger partial charge in [0.25, 0.3) is 0 Å². The molecule has 4 heteroatoms. The van der Waals surface area contributed by atoms with Crippen LogP contribution >= 0.6 is 0 Å². The lowest BCUT2D eigenvalue weighted by atomic mass is 9.78. The zero-order valence-electron chi connectivity index (χ0n) is 16.8. The van der Waals surface area contributed by atoms with Crippen LogP contribution in [0.5, 0.6) is 0 Å². The third kappa shape index (κ3) is 4.76. The lowest BCUT2D eigenvalue weighted by Crippen LogP contribution is -2.37. The molecule has 2 fully saturated rings. The molecule has 2 aliphatic rings. The fraction of sp³-hybridized carbons (Fsp3) is 0.440. The summed E-state index contributed by atoms with van der Waals surface area (Å²) in [6, 6.07) is 12.3. The third-order valence-electron chi connectivity index (χ3n) is 6.21. The van der Waals surface area contributed by atoms with Gasteiger partial charge in [-0.25, -0.2) is 8.78 Å². The molecule has 1 aliphatic carbocycles. The van der Waals surface area contributed by atoms with E-state index in [-0.39, 0.29) is 6.29 Å². The zero-order valence-corrected chi connectivity index (χ0v) is 16.8. The largest absolute Gasteiger partial charge is 0.352 e. The average molecular weight is 398 g/mol. The van der Waals surface area contributed by atoms with E-state index in [1.807, 2.05) is 19.1 Å². The summed E-state index contributed by atoms with van der Waals surface area (Å²) in [5.41, 5.74) is 2.91. The molecule has 2 aromatic carbocycles. The SMILES string of the molecule is CC=CC1COC(C2CCC(c3ccc(-c4ccc(F)c(F)c4)cc3)CC2)OC1. The minimum atomic E-state index is -0.814. The van der Waals surface area contributed by atoms with Crippen LogP contribution in [-0.2, 0) is 9.47 Å². The predicted octanol–water partition coefficient (Wildman–Crippen LogP) is 6.47. The van der Waals surface area contributed by atoms with Crippen LogP contribution in [0.25, 0.3) is 11.1 Å². The maximum Gasteiger partial charge on any atom is 0.160 e. The summed E-state index contributed by atoms with van der Waals surface area (Å²) in [5, 5.41) is 0. The first-order valence-electron chi connectivity index (χ1n) is 10.6. The zero-order chi connectivity index (χ0) is 20.2. The first-order chi connectivity index (χ1) is 14.1. The molecule has 0 spiro atoms. The van der Waals surface area contributed by atoms with Crippen LogP contribution in [0.1, 0.15) is 44.1 Å². The van der Waals surface area contributed by atoms with Gasteiger partial charge in [-0.05, 0) is 67.3 Å². The van der Waals surface area contributed by atoms with E-state index in [0.717, 1.165) is 44.5 Å². The molecule has 0 bridgehead atoms. The summed E-state index contributed by atoms with van der Waals surface area (Å²) in [7, 11) is 0. The fourth-order valence-corrected chi connectivity index (χ4v) is 4.54. The first kappa shape index (κ1) is 20.2. The summed E-state index contributed by atoms with van der Waals surface area (Å²) >= 11 is 0. The van der Waals surface area contributed by atoms with Gasteiger partial charge in [0.05, 0.1) is 13.2 Å². The van der Waals surface area contributed by atoms with Gasteiger partial charge >= 0.3 is 0 Å². The number of halogens is 2. The number of allylic oxidation sites excluding steroid dienone is 1. The molecule has 0 aromatic heterocycles. The molecule has 29 heavy (non-hydrogen) atoms. The topological polar surface area (TPSA) is 18.5 Å². The van der Waals surface area contributed by atoms with E-state index in [4.69, 9.17) is 9.47 Å². The Bertz CT molecular complexity index is 830. The van der Waals surface area contributed by atoms with Crippen molar-refractivity contribution < 1.29 is 18.3 Å². The predicted molar refractivity (Wildman–Crippen MR) is 110 cm³/mol. The van der Waals surface area contributed by atoms with Crippen molar-refractivity contribution in [1.29, 1.82) is 0 Å². The van der Waals surface area contributed by atoms with E-state index in [2.05, 4.69) is 24.3 Å². The second-order valence-electron chi connectivity index (χ2n) is 8.18. The molecule has 0 N–H and O–H groups in total. The second kappa shape index (κ2) is 9.19. The Morgan fingerprint density at radius 1 is 0.828 bits per heavy atom. The number of rotatable bonds is 4. The molecule has 1 saturated carbocycles. The highest BCUT2D eigenvalue weighted by molar-refractivity contribution is 5.63. The second-order valence-corrected chi connectivity index (χ2v) is 8.18. The van der Waals surface area contributed by atoms with Crippen molar-refractivity contribution in [3.63, 3.8) is 0 Å². The lowest BCUT2D eigenvalue weighted by Gasteiger charge is -2.37. The molecule has 0 amide bonds. The van der Waals surface area contributed by atoms with Crippen LogP contribution in [0.3, 0.4) is 0 Å². The Kier molecular flexibility index (Phi) is 6.41. The molecule has 1 saturated heterocycles. The van der Waals surface area contributed by atoms with Gasteiger partial charge in [-0.1, -0.05) is 42.5 Å². The van der Waals surface area contributed by atoms with Crippen molar-refractivity contribution in [3.8, 4) is 11.1 Å². The highest BCUT2D eigenvalue weighted by Gasteiger charge is 2.32. The van der Waals surface area contributed by atoms with Crippen molar-refractivity contribution in [2.24, 2.45) is 11.8 Å². The highest BCUT2D eigenvalue weighted by atomic mass is 19.2. The van der Waals surface area contributed by atoms with Crippen molar-refractivity contribution in [2.45, 2.75) is 44.8 Å². The van der Waals surface area contributed by atoms with Crippen LogP contribution in [-0.4, -0.2) is 19.5 Å². The van der Waals surface area contributed by atoms with Gasteiger partial charge in [-0.3, -0.25) is 0 Å². The summed E-state index contributed by atoms with van der Waals surface area (Å²) < 4.78 is 38.6. The van der Waals surface area contributed by atoms with Gasteiger partial charge in [0, 0.05) is 11.8 Å². The molecular weight excluding hydrogens is 370 g/mol. The van der Waals surface area contributed by atoms with Gasteiger partial charge in [0.1, 0.15) is 0 Å². The minimum Gasteiger partial charge on any atom is -0.352 e. The maximum atomic E-state index is 13.5. The lowest BCUT2D eigenvalue weighted by molar-refractivity contribution is -0.222. The Labute approximate surface area is 171 Å². The van der Waals surface area contributed by atoms with E-state index in [0.29, 0.717) is 23.3 Å². The minimum absolute atomic E-state index is 0.0618. The van der Waals surface area contributed by atoms with Gasteiger partial charge in [-0.15, -0.1) is 0 Å². The summed E-state index contributed by atoms with van der Waals surface area (Å²) in [6.07, 6.45) is 8.60. The third-order valence-corrected chi connectivity index (χ3v) is 6.21. The summed E-state index contributed by atoms with van der Waals surface area (Å²) in [4.78, 5) is 0. The number of benzene rings is 2. The normalized spacial score (nSPS) is 28.0. The number of hydrogen-bond donors (Lipinski definition) is 0. The first-order valence-corrected chi connectivity index (χ1v) is 10.6. The van der Waals surface area contributed by atoms with Crippen LogP contribution in [0.4, 0.5) is 8.78 Å². The number of ether oxygens (including phenoxy) is 2. The Morgan fingerprint density at radius 2 is 1.48 bits per heavy atom. The van der Waals surface area contributed by atoms with Crippen LogP contribution < -0.4 is 0 Å².